The first kappa shape index (κ1) is 17.9. The van der Waals surface area contributed by atoms with Gasteiger partial charge in [0.15, 0.2) is 4.77 Å². The number of amides is 1. The number of fused-ring (bicyclic) bond motifs is 1. The van der Waals surface area contributed by atoms with Crippen molar-refractivity contribution < 1.29 is 9.53 Å². The molecule has 0 saturated heterocycles. The molecule has 2 N–H and O–H groups in total. The summed E-state index contributed by atoms with van der Waals surface area (Å²) in [6.45, 7) is 0.476. The van der Waals surface area contributed by atoms with E-state index >= 15 is 0 Å². The van der Waals surface area contributed by atoms with Gasteiger partial charge < -0.3 is 15.0 Å². The molecule has 26 heavy (non-hydrogen) atoms. The minimum absolute atomic E-state index is 0.188. The average molecular weight is 369 g/mol. The van der Waals surface area contributed by atoms with Crippen LogP contribution in [-0.4, -0.2) is 29.1 Å². The Hall–Kier alpha value is -2.93. The van der Waals surface area contributed by atoms with E-state index in [2.05, 4.69) is 10.3 Å². The number of methoxy groups -OCH3 is 1. The lowest BCUT2D eigenvalue weighted by Gasteiger charge is -2.10. The maximum Gasteiger partial charge on any atom is 0.261 e. The van der Waals surface area contributed by atoms with Crippen LogP contribution >= 0.6 is 12.2 Å². The zero-order valence-electron chi connectivity index (χ0n) is 14.5. The summed E-state index contributed by atoms with van der Waals surface area (Å²) in [5, 5.41) is 3.38. The molecule has 0 atom stereocenters. The van der Waals surface area contributed by atoms with E-state index in [1.807, 2.05) is 24.3 Å². The Morgan fingerprint density at radius 2 is 2.04 bits per heavy atom. The zero-order chi connectivity index (χ0) is 18.7. The molecule has 3 aromatic rings. The van der Waals surface area contributed by atoms with Crippen LogP contribution in [0.3, 0.4) is 0 Å². The second-order valence-corrected chi connectivity index (χ2v) is 6.26. The monoisotopic (exact) mass is 369 g/mol. The first-order chi connectivity index (χ1) is 12.5. The average Bonchev–Trinajstić information content (AvgIpc) is 2.66. The number of nitrogens with one attached hydrogen (secondary N) is 2. The molecule has 0 spiro atoms. The number of aromatic nitrogens is 2. The largest absolute Gasteiger partial charge is 0.496 e. The molecule has 0 unspecified atom stereocenters. The number of carbonyl (C=O) groups excluding carboxylic acids is 1. The van der Waals surface area contributed by atoms with E-state index in [-0.39, 0.29) is 11.5 Å². The fourth-order valence-corrected chi connectivity index (χ4v) is 2.96. The topological polar surface area (TPSA) is 76.1 Å². The smallest absolute Gasteiger partial charge is 0.261 e. The van der Waals surface area contributed by atoms with Crippen LogP contribution in [0.5, 0.6) is 5.75 Å². The minimum Gasteiger partial charge on any atom is -0.496 e. The Labute approximate surface area is 155 Å². The molecule has 134 valence electrons. The highest BCUT2D eigenvalue weighted by Gasteiger charge is 2.09. The predicted octanol–water partition coefficient (Wildman–Crippen LogP) is 2.58. The molecule has 0 saturated carbocycles. The van der Waals surface area contributed by atoms with E-state index in [1.165, 1.54) is 4.57 Å². The molecule has 0 aliphatic rings. The number of hydrogen-bond acceptors (Lipinski definition) is 4. The van der Waals surface area contributed by atoms with Crippen LogP contribution in [0.2, 0.25) is 0 Å². The van der Waals surface area contributed by atoms with Crippen LogP contribution in [0.15, 0.2) is 47.3 Å². The van der Waals surface area contributed by atoms with Crippen molar-refractivity contribution in [2.24, 2.45) is 7.05 Å². The molecule has 2 aromatic carbocycles. The first-order valence-electron chi connectivity index (χ1n) is 8.14. The van der Waals surface area contributed by atoms with E-state index in [1.54, 1.807) is 32.4 Å². The number of aromatic amines is 1. The van der Waals surface area contributed by atoms with E-state index in [0.29, 0.717) is 34.2 Å². The van der Waals surface area contributed by atoms with Crippen LogP contribution < -0.4 is 15.6 Å². The lowest BCUT2D eigenvalue weighted by molar-refractivity contribution is 0.0954. The Bertz CT molecular complexity index is 1090. The summed E-state index contributed by atoms with van der Waals surface area (Å²) >= 11 is 5.12. The van der Waals surface area contributed by atoms with Gasteiger partial charge in [0.05, 0.1) is 18.0 Å². The second kappa shape index (κ2) is 7.53. The van der Waals surface area contributed by atoms with Crippen LogP contribution in [0.1, 0.15) is 15.9 Å². The van der Waals surface area contributed by atoms with Gasteiger partial charge >= 0.3 is 0 Å². The van der Waals surface area contributed by atoms with Crippen LogP contribution in [0.25, 0.3) is 10.9 Å². The third-order valence-electron chi connectivity index (χ3n) is 4.24. The number of H-pyrrole nitrogens is 1. The number of carbonyl (C=O) groups is 1. The molecule has 1 amide bonds. The summed E-state index contributed by atoms with van der Waals surface area (Å²) < 4.78 is 6.99. The Kier molecular flexibility index (Phi) is 5.18. The van der Waals surface area contributed by atoms with Gasteiger partial charge in [0.2, 0.25) is 0 Å². The van der Waals surface area contributed by atoms with Crippen LogP contribution in [-0.2, 0) is 13.5 Å². The third-order valence-corrected chi connectivity index (χ3v) is 4.61. The predicted molar refractivity (Wildman–Crippen MR) is 103 cm³/mol. The standard InChI is InChI=1S/C19H19N3O3S/c1-22-18(24)14-8-7-13(11-15(14)21-19(22)26)17(23)20-10-9-12-5-3-4-6-16(12)25-2/h3-8,11H,9-10H2,1-2H3,(H,20,23)(H,21,26). The normalized spacial score (nSPS) is 10.7. The molecular formula is C19H19N3O3S. The SMILES string of the molecule is COc1ccccc1CCNC(=O)c1ccc2c(=O)n(C)c(=S)[nH]c2c1. The first-order valence-corrected chi connectivity index (χ1v) is 8.55. The highest BCUT2D eigenvalue weighted by Crippen LogP contribution is 2.17. The van der Waals surface area contributed by atoms with E-state index in [9.17, 15) is 9.59 Å². The molecule has 0 aliphatic heterocycles. The van der Waals surface area contributed by atoms with Crippen molar-refractivity contribution in [1.82, 2.24) is 14.9 Å². The van der Waals surface area contributed by atoms with Crippen molar-refractivity contribution in [2.75, 3.05) is 13.7 Å². The number of benzene rings is 2. The number of ether oxygens (including phenoxy) is 1. The van der Waals surface area contributed by atoms with Gasteiger partial charge in [0.25, 0.3) is 11.5 Å². The Morgan fingerprint density at radius 3 is 2.81 bits per heavy atom. The van der Waals surface area contributed by atoms with E-state index in [0.717, 1.165) is 11.3 Å². The van der Waals surface area contributed by atoms with E-state index in [4.69, 9.17) is 17.0 Å². The number of para-hydroxylation sites is 1. The van der Waals surface area contributed by atoms with Gasteiger partial charge in [-0.25, -0.2) is 0 Å². The quantitative estimate of drug-likeness (QED) is 0.678. The highest BCUT2D eigenvalue weighted by atomic mass is 32.1. The Morgan fingerprint density at radius 1 is 1.27 bits per heavy atom. The van der Waals surface area contributed by atoms with Gasteiger partial charge in [0.1, 0.15) is 5.75 Å². The molecular weight excluding hydrogens is 350 g/mol. The van der Waals surface area contributed by atoms with Crippen molar-refractivity contribution in [3.8, 4) is 5.75 Å². The van der Waals surface area contributed by atoms with Crippen molar-refractivity contribution >= 4 is 29.0 Å². The summed E-state index contributed by atoms with van der Waals surface area (Å²) in [7, 11) is 3.24. The fourth-order valence-electron chi connectivity index (χ4n) is 2.77. The molecule has 0 fully saturated rings. The van der Waals surface area contributed by atoms with Gasteiger partial charge in [-0.2, -0.15) is 0 Å². The van der Waals surface area contributed by atoms with Gasteiger partial charge in [-0.1, -0.05) is 18.2 Å². The van der Waals surface area contributed by atoms with Gasteiger partial charge in [0, 0.05) is 19.2 Å². The summed E-state index contributed by atoms with van der Waals surface area (Å²) in [4.78, 5) is 27.6. The molecule has 1 aromatic heterocycles. The lowest BCUT2D eigenvalue weighted by atomic mass is 10.1. The molecule has 1 heterocycles. The third kappa shape index (κ3) is 3.52. The fraction of sp³-hybridized carbons (Fsp3) is 0.211. The van der Waals surface area contributed by atoms with Crippen molar-refractivity contribution in [1.29, 1.82) is 0 Å². The molecule has 7 heteroatoms. The summed E-state index contributed by atoms with van der Waals surface area (Å²) in [6.07, 6.45) is 0.659. The van der Waals surface area contributed by atoms with Gasteiger partial charge in [-0.3, -0.25) is 14.2 Å². The second-order valence-electron chi connectivity index (χ2n) is 5.87. The van der Waals surface area contributed by atoms with Crippen LogP contribution in [0.4, 0.5) is 0 Å². The van der Waals surface area contributed by atoms with E-state index < -0.39 is 0 Å². The molecule has 6 nitrogen and oxygen atoms in total. The number of rotatable bonds is 5. The minimum atomic E-state index is -0.207. The zero-order valence-corrected chi connectivity index (χ0v) is 15.4. The van der Waals surface area contributed by atoms with Crippen LogP contribution in [0, 0.1) is 4.77 Å². The molecule has 0 radical (unpaired) electrons. The number of nitrogens with zero attached hydrogens (tertiary/aromatic N) is 1. The summed E-state index contributed by atoms with van der Waals surface area (Å²) in [5.74, 6) is 0.595. The van der Waals surface area contributed by atoms with Crippen molar-refractivity contribution in [2.45, 2.75) is 6.42 Å². The maximum absolute atomic E-state index is 12.4. The maximum atomic E-state index is 12.4. The van der Waals surface area contributed by atoms with Crippen molar-refractivity contribution in [3.05, 3.63) is 68.7 Å². The molecule has 0 bridgehead atoms. The molecule has 0 aliphatic carbocycles. The lowest BCUT2D eigenvalue weighted by Crippen LogP contribution is -2.26. The Balaban J connectivity index is 1.75. The molecule has 3 rings (SSSR count). The number of hydrogen-bond donors (Lipinski definition) is 2. The highest BCUT2D eigenvalue weighted by molar-refractivity contribution is 7.71. The van der Waals surface area contributed by atoms with Gasteiger partial charge in [-0.05, 0) is 48.5 Å². The van der Waals surface area contributed by atoms with Crippen molar-refractivity contribution in [3.63, 3.8) is 0 Å². The summed E-state index contributed by atoms with van der Waals surface area (Å²) in [5.41, 5.74) is 1.86. The van der Waals surface area contributed by atoms with Gasteiger partial charge in [-0.15, -0.1) is 0 Å². The summed E-state index contributed by atoms with van der Waals surface area (Å²) in [6, 6.07) is 12.6.